The number of carboxylic acid groups (broad SMARTS) is 1. The summed E-state index contributed by atoms with van der Waals surface area (Å²) >= 11 is 0. The molecule has 1 aromatic rings. The Hall–Kier alpha value is -1.45. The second-order valence-corrected chi connectivity index (χ2v) is 3.81. The minimum atomic E-state index is -0.916. The van der Waals surface area contributed by atoms with E-state index in [4.69, 9.17) is 5.11 Å². The van der Waals surface area contributed by atoms with Gasteiger partial charge in [0.2, 0.25) is 0 Å². The summed E-state index contributed by atoms with van der Waals surface area (Å²) in [7, 11) is 0. The molecule has 14 heavy (non-hydrogen) atoms. The van der Waals surface area contributed by atoms with Crippen LogP contribution in [0.25, 0.3) is 0 Å². The minimum Gasteiger partial charge on any atom is -0.481 e. The molecular weight excluding hydrogens is 185 g/mol. The summed E-state index contributed by atoms with van der Waals surface area (Å²) < 4.78 is 12.8. The van der Waals surface area contributed by atoms with Gasteiger partial charge in [-0.2, -0.15) is 0 Å². The van der Waals surface area contributed by atoms with Gasteiger partial charge in [-0.3, -0.25) is 9.78 Å². The van der Waals surface area contributed by atoms with Gasteiger partial charge in [0.05, 0.1) is 6.42 Å². The first-order valence-electron chi connectivity index (χ1n) is 4.25. The molecule has 0 unspecified atom stereocenters. The van der Waals surface area contributed by atoms with E-state index in [1.807, 2.05) is 0 Å². The quantitative estimate of drug-likeness (QED) is 0.805. The van der Waals surface area contributed by atoms with Gasteiger partial charge < -0.3 is 5.11 Å². The lowest BCUT2D eigenvalue weighted by Gasteiger charge is -2.21. The van der Waals surface area contributed by atoms with Gasteiger partial charge in [-0.1, -0.05) is 13.8 Å². The molecule has 1 N–H and O–H groups in total. The number of nitrogens with zero attached hydrogens (tertiary/aromatic N) is 1. The normalized spacial score (nSPS) is 11.4. The smallest absolute Gasteiger partial charge is 0.304 e. The summed E-state index contributed by atoms with van der Waals surface area (Å²) in [6.45, 7) is 3.45. The first-order valence-corrected chi connectivity index (χ1v) is 4.25. The highest BCUT2D eigenvalue weighted by atomic mass is 19.1. The van der Waals surface area contributed by atoms with Crippen molar-refractivity contribution < 1.29 is 14.3 Å². The van der Waals surface area contributed by atoms with Crippen LogP contribution < -0.4 is 0 Å². The van der Waals surface area contributed by atoms with E-state index in [-0.39, 0.29) is 6.42 Å². The summed E-state index contributed by atoms with van der Waals surface area (Å²) in [5.74, 6) is -1.31. The predicted octanol–water partition coefficient (Wildman–Crippen LogP) is 1.97. The Labute approximate surface area is 81.6 Å². The number of hydrogen-bond donors (Lipinski definition) is 1. The number of hydrogen-bond acceptors (Lipinski definition) is 2. The van der Waals surface area contributed by atoms with Gasteiger partial charge in [-0.15, -0.1) is 0 Å². The van der Waals surface area contributed by atoms with Crippen molar-refractivity contribution in [3.63, 3.8) is 0 Å². The van der Waals surface area contributed by atoms with Gasteiger partial charge in [-0.05, 0) is 12.1 Å². The summed E-state index contributed by atoms with van der Waals surface area (Å²) in [4.78, 5) is 14.5. The Morgan fingerprint density at radius 3 is 2.79 bits per heavy atom. The SMILES string of the molecule is CC(C)(CC(=O)O)c1cc(F)ccn1. The summed E-state index contributed by atoms with van der Waals surface area (Å²) in [6, 6.07) is 2.50. The van der Waals surface area contributed by atoms with Crippen LogP contribution in [0.1, 0.15) is 26.0 Å². The van der Waals surface area contributed by atoms with Crippen molar-refractivity contribution in [2.24, 2.45) is 0 Å². The molecule has 0 bridgehead atoms. The first-order chi connectivity index (χ1) is 6.42. The van der Waals surface area contributed by atoms with Crippen molar-refractivity contribution in [1.82, 2.24) is 4.98 Å². The number of pyridine rings is 1. The van der Waals surface area contributed by atoms with Crippen LogP contribution in [0.4, 0.5) is 4.39 Å². The van der Waals surface area contributed by atoms with E-state index in [9.17, 15) is 9.18 Å². The topological polar surface area (TPSA) is 50.2 Å². The average molecular weight is 197 g/mol. The summed E-state index contributed by atoms with van der Waals surface area (Å²) in [5, 5.41) is 8.66. The molecule has 0 saturated carbocycles. The lowest BCUT2D eigenvalue weighted by Crippen LogP contribution is -2.23. The third-order valence-electron chi connectivity index (χ3n) is 2.01. The fourth-order valence-corrected chi connectivity index (χ4v) is 1.24. The second kappa shape index (κ2) is 3.74. The molecule has 3 nitrogen and oxygen atoms in total. The molecule has 0 amide bonds. The maximum absolute atomic E-state index is 12.8. The van der Waals surface area contributed by atoms with Gasteiger partial charge in [0.1, 0.15) is 5.82 Å². The van der Waals surface area contributed by atoms with E-state index in [0.29, 0.717) is 5.69 Å². The molecule has 0 saturated heterocycles. The zero-order valence-electron chi connectivity index (χ0n) is 8.12. The minimum absolute atomic E-state index is 0.0660. The molecule has 0 spiro atoms. The molecule has 0 aliphatic carbocycles. The van der Waals surface area contributed by atoms with Crippen molar-refractivity contribution in [2.75, 3.05) is 0 Å². The standard InChI is InChI=1S/C10H12FNO2/c1-10(2,6-9(13)14)8-5-7(11)3-4-12-8/h3-5H,6H2,1-2H3,(H,13,14). The molecule has 0 aliphatic heterocycles. The van der Waals surface area contributed by atoms with E-state index >= 15 is 0 Å². The van der Waals surface area contributed by atoms with Crippen molar-refractivity contribution in [1.29, 1.82) is 0 Å². The van der Waals surface area contributed by atoms with E-state index in [0.717, 1.165) is 0 Å². The molecule has 76 valence electrons. The van der Waals surface area contributed by atoms with Crippen LogP contribution in [0, 0.1) is 5.82 Å². The molecule has 0 radical (unpaired) electrons. The third kappa shape index (κ3) is 2.52. The van der Waals surface area contributed by atoms with E-state index in [2.05, 4.69) is 4.98 Å². The predicted molar refractivity (Wildman–Crippen MR) is 49.5 cm³/mol. The molecule has 0 aliphatic rings. The highest BCUT2D eigenvalue weighted by Crippen LogP contribution is 2.25. The number of carbonyl (C=O) groups is 1. The second-order valence-electron chi connectivity index (χ2n) is 3.81. The van der Waals surface area contributed by atoms with Crippen molar-refractivity contribution in [2.45, 2.75) is 25.7 Å². The van der Waals surface area contributed by atoms with Crippen LogP contribution in [0.15, 0.2) is 18.3 Å². The molecule has 0 aromatic carbocycles. The zero-order valence-corrected chi connectivity index (χ0v) is 8.12. The van der Waals surface area contributed by atoms with Gasteiger partial charge in [0.25, 0.3) is 0 Å². The number of carboxylic acids is 1. The van der Waals surface area contributed by atoms with E-state index in [1.165, 1.54) is 18.3 Å². The van der Waals surface area contributed by atoms with Gasteiger partial charge in [0.15, 0.2) is 0 Å². The molecule has 1 rings (SSSR count). The molecule has 0 atom stereocenters. The lowest BCUT2D eigenvalue weighted by molar-refractivity contribution is -0.138. The molecule has 4 heteroatoms. The largest absolute Gasteiger partial charge is 0.481 e. The van der Waals surface area contributed by atoms with Crippen molar-refractivity contribution in [3.05, 3.63) is 29.8 Å². The van der Waals surface area contributed by atoms with Crippen LogP contribution in [0.3, 0.4) is 0 Å². The lowest BCUT2D eigenvalue weighted by atomic mass is 9.85. The van der Waals surface area contributed by atoms with Crippen molar-refractivity contribution >= 4 is 5.97 Å². The monoisotopic (exact) mass is 197 g/mol. The van der Waals surface area contributed by atoms with Gasteiger partial charge >= 0.3 is 5.97 Å². The fourth-order valence-electron chi connectivity index (χ4n) is 1.24. The highest BCUT2D eigenvalue weighted by molar-refractivity contribution is 5.68. The van der Waals surface area contributed by atoms with Crippen molar-refractivity contribution in [3.8, 4) is 0 Å². The molecular formula is C10H12FNO2. The molecule has 1 heterocycles. The van der Waals surface area contributed by atoms with Crippen LogP contribution in [-0.2, 0) is 10.2 Å². The maximum atomic E-state index is 12.8. The fraction of sp³-hybridized carbons (Fsp3) is 0.400. The third-order valence-corrected chi connectivity index (χ3v) is 2.01. The number of aromatic nitrogens is 1. The Morgan fingerprint density at radius 1 is 1.64 bits per heavy atom. The summed E-state index contributed by atoms with van der Waals surface area (Å²) in [5.41, 5.74) is -0.187. The van der Waals surface area contributed by atoms with Gasteiger partial charge in [0, 0.05) is 17.3 Å². The summed E-state index contributed by atoms with van der Waals surface area (Å²) in [6.07, 6.45) is 1.28. The van der Waals surface area contributed by atoms with Crippen LogP contribution >= 0.6 is 0 Å². The van der Waals surface area contributed by atoms with Crippen LogP contribution in [0.2, 0.25) is 0 Å². The number of halogens is 1. The zero-order chi connectivity index (χ0) is 10.8. The Kier molecular flexibility index (Phi) is 2.84. The average Bonchev–Trinajstić information content (AvgIpc) is 2.01. The van der Waals surface area contributed by atoms with E-state index < -0.39 is 17.2 Å². The van der Waals surface area contributed by atoms with Crippen LogP contribution in [0.5, 0.6) is 0 Å². The molecule has 1 aromatic heterocycles. The number of aliphatic carboxylic acids is 1. The van der Waals surface area contributed by atoms with Crippen LogP contribution in [-0.4, -0.2) is 16.1 Å². The van der Waals surface area contributed by atoms with E-state index in [1.54, 1.807) is 13.8 Å². The Balaban J connectivity index is 2.97. The highest BCUT2D eigenvalue weighted by Gasteiger charge is 2.25. The Morgan fingerprint density at radius 2 is 2.29 bits per heavy atom. The maximum Gasteiger partial charge on any atom is 0.304 e. The Bertz CT molecular complexity index is 350. The number of rotatable bonds is 3. The molecule has 0 fully saturated rings. The van der Waals surface area contributed by atoms with Gasteiger partial charge in [-0.25, -0.2) is 4.39 Å². The first kappa shape index (κ1) is 10.6.